The van der Waals surface area contributed by atoms with E-state index >= 15 is 0 Å². The van der Waals surface area contributed by atoms with Gasteiger partial charge in [0, 0.05) is 71.6 Å². The van der Waals surface area contributed by atoms with Crippen molar-refractivity contribution < 1.29 is 29.4 Å². The Balaban J connectivity index is 1.74. The Kier molecular flexibility index (Phi) is 9.88. The van der Waals surface area contributed by atoms with Gasteiger partial charge in [-0.15, -0.1) is 0 Å². The third kappa shape index (κ3) is 6.67. The Hall–Kier alpha value is -4.51. The van der Waals surface area contributed by atoms with E-state index in [9.17, 15) is 29.4 Å². The number of carbonyl (C=O) groups is 4. The monoisotopic (exact) mass is 616 g/mol. The number of aromatic amines is 2. The summed E-state index contributed by atoms with van der Waals surface area (Å²) in [6.45, 7) is 11.1. The van der Waals surface area contributed by atoms with Gasteiger partial charge in [0.25, 0.3) is 11.8 Å². The lowest BCUT2D eigenvalue weighted by molar-refractivity contribution is -0.138. The number of aromatic nitrogens is 2. The van der Waals surface area contributed by atoms with Crippen LogP contribution in [0.1, 0.15) is 71.7 Å². The molecule has 0 atom stereocenters. The number of hydrogen-bond acceptors (Lipinski definition) is 5. The van der Waals surface area contributed by atoms with Crippen molar-refractivity contribution in [3.8, 4) is 0 Å². The van der Waals surface area contributed by atoms with E-state index in [1.54, 1.807) is 18.4 Å². The van der Waals surface area contributed by atoms with Gasteiger partial charge < -0.3 is 20.2 Å². The molecule has 11 heteroatoms. The molecule has 4 rings (SSSR count). The first-order valence-corrected chi connectivity index (χ1v) is 14.8. The van der Waals surface area contributed by atoms with E-state index in [2.05, 4.69) is 39.2 Å². The Labute approximate surface area is 260 Å². The summed E-state index contributed by atoms with van der Waals surface area (Å²) in [6.07, 6.45) is 4.78. The fraction of sp³-hybridized carbons (Fsp3) is 0.333. The number of H-pyrrole nitrogens is 2. The average Bonchev–Trinajstić information content (AvgIpc) is 3.60. The number of carbonyl (C=O) groups excluding carboxylic acids is 2. The summed E-state index contributed by atoms with van der Waals surface area (Å²) in [5, 5.41) is 20.5. The Morgan fingerprint density at radius 1 is 0.750 bits per heavy atom. The molecule has 2 amide bonds. The highest BCUT2D eigenvalue weighted by atomic mass is 32.1. The zero-order valence-corrected chi connectivity index (χ0v) is 26.2. The molecule has 44 heavy (non-hydrogen) atoms. The van der Waals surface area contributed by atoms with E-state index in [1.165, 1.54) is 6.08 Å². The maximum atomic E-state index is 12.4. The first-order chi connectivity index (χ1) is 20.9. The van der Waals surface area contributed by atoms with Gasteiger partial charge >= 0.3 is 11.9 Å². The number of rotatable bonds is 14. The number of carboxylic acids is 2. The number of amides is 2. The first kappa shape index (κ1) is 32.4. The second-order valence-electron chi connectivity index (χ2n) is 11.0. The van der Waals surface area contributed by atoms with E-state index in [-0.39, 0.29) is 24.7 Å². The van der Waals surface area contributed by atoms with Gasteiger partial charge in [-0.25, -0.2) is 9.98 Å². The molecule has 0 saturated carbocycles. The van der Waals surface area contributed by atoms with Gasteiger partial charge in [0.1, 0.15) is 0 Å². The van der Waals surface area contributed by atoms with Crippen molar-refractivity contribution in [2.24, 2.45) is 9.98 Å². The Morgan fingerprint density at radius 2 is 1.25 bits per heavy atom. The van der Waals surface area contributed by atoms with E-state index in [0.29, 0.717) is 60.2 Å². The largest absolute Gasteiger partial charge is 0.481 e. The number of aliphatic imine (C=N–C) groups is 2. The van der Waals surface area contributed by atoms with Crippen molar-refractivity contribution in [3.05, 3.63) is 91.5 Å². The minimum absolute atomic E-state index is 0.0635. The van der Waals surface area contributed by atoms with Gasteiger partial charge in [0.2, 0.25) is 0 Å². The molecule has 10 nitrogen and oxygen atoms in total. The quantitative estimate of drug-likeness (QED) is 0.190. The highest BCUT2D eigenvalue weighted by Crippen LogP contribution is 2.30. The van der Waals surface area contributed by atoms with Crippen molar-refractivity contribution in [2.45, 2.75) is 72.6 Å². The van der Waals surface area contributed by atoms with Gasteiger partial charge in [-0.2, -0.15) is 12.6 Å². The fourth-order valence-corrected chi connectivity index (χ4v) is 6.00. The second kappa shape index (κ2) is 13.4. The van der Waals surface area contributed by atoms with Crippen LogP contribution in [0.15, 0.2) is 56.4 Å². The maximum Gasteiger partial charge on any atom is 0.303 e. The van der Waals surface area contributed by atoms with Crippen LogP contribution < -0.4 is 0 Å². The molecule has 0 bridgehead atoms. The van der Waals surface area contributed by atoms with Crippen LogP contribution in [-0.4, -0.2) is 55.4 Å². The normalized spacial score (nSPS) is 15.2. The molecule has 0 aromatic carbocycles. The average molecular weight is 617 g/mol. The summed E-state index contributed by atoms with van der Waals surface area (Å²) >= 11 is 4.16. The van der Waals surface area contributed by atoms with Crippen LogP contribution in [0.3, 0.4) is 0 Å². The van der Waals surface area contributed by atoms with E-state index in [0.717, 1.165) is 50.6 Å². The summed E-state index contributed by atoms with van der Waals surface area (Å²) < 4.78 is 0. The molecular formula is C33H36N4O6S. The molecule has 4 heterocycles. The number of allylic oxidation sites excluding steroid dienone is 3. The standard InChI is InChI=1S/C33H36N4O6S/c1-6-20-16(2)26(36-33(20)43)13-24-17(3)21(7-9-30(38)39)27(34-24)15-28-22(8-10-31(40)41)18(4)25(35-28)14-29-23(11-12-44)19(5)32(42)37-29/h6,11-12,34-35,44H,1,7-10,13-15H2,2-5H3,(H,38,39)(H,40,41)/b12-11+. The van der Waals surface area contributed by atoms with E-state index in [4.69, 9.17) is 0 Å². The molecule has 0 spiro atoms. The second-order valence-corrected chi connectivity index (χ2v) is 11.3. The molecule has 0 fully saturated rings. The van der Waals surface area contributed by atoms with Crippen LogP contribution in [0.2, 0.25) is 0 Å². The van der Waals surface area contributed by atoms with Gasteiger partial charge in [-0.1, -0.05) is 12.7 Å². The molecule has 230 valence electrons. The van der Waals surface area contributed by atoms with Crippen LogP contribution in [0.5, 0.6) is 0 Å². The minimum Gasteiger partial charge on any atom is -0.481 e. The van der Waals surface area contributed by atoms with Gasteiger partial charge in [-0.05, 0) is 79.8 Å². The van der Waals surface area contributed by atoms with E-state index < -0.39 is 11.9 Å². The SMILES string of the molecule is C=CC1=C(C)C(Cc2[nH]c(Cc3[nH]c(CC4=NC(=O)C(C)=C4/C=C/S)c(C)c3CCC(=O)O)c(CCC(=O)O)c2C)=NC1=O. The molecule has 2 aliphatic rings. The van der Waals surface area contributed by atoms with Crippen LogP contribution in [0.25, 0.3) is 0 Å². The molecule has 0 unspecified atom stereocenters. The highest BCUT2D eigenvalue weighted by Gasteiger charge is 2.27. The molecule has 2 aliphatic heterocycles. The van der Waals surface area contributed by atoms with Gasteiger partial charge in [0.05, 0.1) is 11.4 Å². The summed E-state index contributed by atoms with van der Waals surface area (Å²) in [4.78, 5) is 63.2. The third-order valence-electron chi connectivity index (χ3n) is 8.38. The molecule has 2 aromatic rings. The highest BCUT2D eigenvalue weighted by molar-refractivity contribution is 7.83. The number of nitrogens with zero attached hydrogens (tertiary/aromatic N) is 2. The molecule has 2 aromatic heterocycles. The maximum absolute atomic E-state index is 12.4. The van der Waals surface area contributed by atoms with Crippen molar-refractivity contribution in [2.75, 3.05) is 0 Å². The predicted molar refractivity (Wildman–Crippen MR) is 172 cm³/mol. The lowest BCUT2D eigenvalue weighted by Crippen LogP contribution is -2.05. The van der Waals surface area contributed by atoms with Crippen molar-refractivity contribution in [1.82, 2.24) is 9.97 Å². The van der Waals surface area contributed by atoms with Crippen molar-refractivity contribution in [1.29, 1.82) is 0 Å². The summed E-state index contributed by atoms with van der Waals surface area (Å²) in [5.74, 6) is -2.46. The molecule has 0 aliphatic carbocycles. The van der Waals surface area contributed by atoms with Crippen LogP contribution in [0, 0.1) is 13.8 Å². The molecule has 4 N–H and O–H groups in total. The summed E-state index contributed by atoms with van der Waals surface area (Å²) in [6, 6.07) is 0. The van der Waals surface area contributed by atoms with Crippen molar-refractivity contribution in [3.63, 3.8) is 0 Å². The smallest absolute Gasteiger partial charge is 0.303 e. The molecular weight excluding hydrogens is 580 g/mol. The number of carboxylic acid groups (broad SMARTS) is 2. The zero-order valence-electron chi connectivity index (χ0n) is 25.3. The molecule has 0 saturated heterocycles. The number of thiol groups is 1. The Morgan fingerprint density at radius 3 is 1.70 bits per heavy atom. The predicted octanol–water partition coefficient (Wildman–Crippen LogP) is 4.89. The minimum atomic E-state index is -0.919. The molecule has 0 radical (unpaired) electrons. The fourth-order valence-electron chi connectivity index (χ4n) is 5.85. The summed E-state index contributed by atoms with van der Waals surface area (Å²) in [5.41, 5.74) is 10.5. The Bertz CT molecular complexity index is 1740. The topological polar surface area (TPSA) is 165 Å². The zero-order chi connectivity index (χ0) is 32.3. The number of aliphatic carboxylic acids is 2. The van der Waals surface area contributed by atoms with E-state index in [1.807, 2.05) is 20.8 Å². The summed E-state index contributed by atoms with van der Waals surface area (Å²) in [7, 11) is 0. The first-order valence-electron chi connectivity index (χ1n) is 14.3. The van der Waals surface area contributed by atoms with Crippen molar-refractivity contribution >= 4 is 47.8 Å². The van der Waals surface area contributed by atoms with Crippen LogP contribution in [-0.2, 0) is 51.3 Å². The lowest BCUT2D eigenvalue weighted by atomic mass is 9.97. The van der Waals surface area contributed by atoms with Crippen LogP contribution in [0.4, 0.5) is 0 Å². The van der Waals surface area contributed by atoms with Gasteiger partial charge in [-0.3, -0.25) is 19.2 Å². The number of nitrogens with one attached hydrogen (secondary N) is 2. The lowest BCUT2D eigenvalue weighted by Gasteiger charge is -2.07. The van der Waals surface area contributed by atoms with Gasteiger partial charge in [0.15, 0.2) is 0 Å². The third-order valence-corrected chi connectivity index (χ3v) is 8.53. The van der Waals surface area contributed by atoms with Crippen LogP contribution >= 0.6 is 12.6 Å². The number of hydrogen-bond donors (Lipinski definition) is 5.